The number of aliphatic imine (C=N–C) groups is 1. The number of nitrogens with zero attached hydrogens (tertiary/aromatic N) is 1. The van der Waals surface area contributed by atoms with Crippen molar-refractivity contribution in [2.45, 2.75) is 44.6 Å². The second kappa shape index (κ2) is 5.16. The predicted octanol–water partition coefficient (Wildman–Crippen LogP) is 4.35. The molecule has 1 spiro atoms. The average Bonchev–Trinajstić information content (AvgIpc) is 2.78. The molecule has 0 atom stereocenters. The summed E-state index contributed by atoms with van der Waals surface area (Å²) >= 11 is 1.77. The standard InChI is InChI=1S/C15H19FN2S/c1-11-5-6-12(9-13(11)16)17-14-18-15(10-19-14)7-3-2-4-8-15/h5-6,9H,2-4,7-8,10H2,1H3,(H,17,18). The third kappa shape index (κ3) is 2.78. The highest BCUT2D eigenvalue weighted by molar-refractivity contribution is 8.14. The van der Waals surface area contributed by atoms with Crippen LogP contribution in [-0.2, 0) is 0 Å². The smallest absolute Gasteiger partial charge is 0.161 e. The molecule has 0 amide bonds. The molecule has 1 saturated carbocycles. The van der Waals surface area contributed by atoms with E-state index in [0.29, 0.717) is 5.56 Å². The summed E-state index contributed by atoms with van der Waals surface area (Å²) in [6, 6.07) is 5.26. The normalized spacial score (nSPS) is 21.5. The minimum absolute atomic E-state index is 0.161. The first-order valence-electron chi connectivity index (χ1n) is 6.93. The topological polar surface area (TPSA) is 24.4 Å². The van der Waals surface area contributed by atoms with E-state index in [9.17, 15) is 4.39 Å². The molecule has 0 aromatic heterocycles. The Balaban J connectivity index is 1.73. The van der Waals surface area contributed by atoms with Crippen LogP contribution in [0.5, 0.6) is 0 Å². The predicted molar refractivity (Wildman–Crippen MR) is 80.5 cm³/mol. The van der Waals surface area contributed by atoms with E-state index in [1.54, 1.807) is 30.8 Å². The fourth-order valence-corrected chi connectivity index (χ4v) is 4.01. The summed E-state index contributed by atoms with van der Waals surface area (Å²) in [7, 11) is 0. The van der Waals surface area contributed by atoms with E-state index in [2.05, 4.69) is 5.32 Å². The maximum atomic E-state index is 13.5. The minimum Gasteiger partial charge on any atom is -0.335 e. The van der Waals surface area contributed by atoms with Gasteiger partial charge in [-0.3, -0.25) is 4.99 Å². The van der Waals surface area contributed by atoms with Crippen LogP contribution in [0.1, 0.15) is 37.7 Å². The largest absolute Gasteiger partial charge is 0.335 e. The zero-order chi connectivity index (χ0) is 13.3. The Hall–Kier alpha value is -1.03. The first-order chi connectivity index (χ1) is 9.17. The van der Waals surface area contributed by atoms with Crippen LogP contribution >= 0.6 is 11.8 Å². The van der Waals surface area contributed by atoms with Crippen LogP contribution in [0, 0.1) is 12.7 Å². The fraction of sp³-hybridized carbons (Fsp3) is 0.533. The molecule has 0 bridgehead atoms. The van der Waals surface area contributed by atoms with E-state index >= 15 is 0 Å². The van der Waals surface area contributed by atoms with E-state index in [1.165, 1.54) is 32.1 Å². The van der Waals surface area contributed by atoms with Gasteiger partial charge in [0.15, 0.2) is 5.17 Å². The maximum absolute atomic E-state index is 13.5. The summed E-state index contributed by atoms with van der Waals surface area (Å²) in [6.07, 6.45) is 6.32. The molecule has 2 aliphatic rings. The molecule has 1 aliphatic carbocycles. The number of rotatable bonds is 1. The van der Waals surface area contributed by atoms with Crippen molar-refractivity contribution in [1.82, 2.24) is 0 Å². The summed E-state index contributed by atoms with van der Waals surface area (Å²) in [4.78, 5) is 4.87. The second-order valence-electron chi connectivity index (χ2n) is 5.58. The highest BCUT2D eigenvalue weighted by Gasteiger charge is 2.36. The zero-order valence-corrected chi connectivity index (χ0v) is 12.0. The Bertz CT molecular complexity index is 507. The molecule has 1 N–H and O–H groups in total. The van der Waals surface area contributed by atoms with Crippen molar-refractivity contribution < 1.29 is 4.39 Å². The molecular weight excluding hydrogens is 259 g/mol. The third-order valence-electron chi connectivity index (χ3n) is 4.02. The van der Waals surface area contributed by atoms with Crippen LogP contribution < -0.4 is 5.32 Å². The van der Waals surface area contributed by atoms with E-state index in [1.807, 2.05) is 6.07 Å². The molecule has 4 heteroatoms. The maximum Gasteiger partial charge on any atom is 0.161 e. The van der Waals surface area contributed by atoms with E-state index in [0.717, 1.165) is 16.6 Å². The molecule has 1 aromatic carbocycles. The van der Waals surface area contributed by atoms with Crippen LogP contribution in [0.4, 0.5) is 10.1 Å². The van der Waals surface area contributed by atoms with Crippen molar-refractivity contribution in [1.29, 1.82) is 0 Å². The molecule has 0 unspecified atom stereocenters. The van der Waals surface area contributed by atoms with Crippen LogP contribution in [0.15, 0.2) is 23.2 Å². The summed E-state index contributed by atoms with van der Waals surface area (Å²) in [6.45, 7) is 1.78. The SMILES string of the molecule is Cc1ccc(NC2=NC3(CCCCC3)CS2)cc1F. The first-order valence-corrected chi connectivity index (χ1v) is 7.91. The van der Waals surface area contributed by atoms with Crippen molar-refractivity contribution >= 4 is 22.6 Å². The second-order valence-corrected chi connectivity index (χ2v) is 6.54. The summed E-state index contributed by atoms with van der Waals surface area (Å²) in [5.41, 5.74) is 1.63. The van der Waals surface area contributed by atoms with Gasteiger partial charge in [-0.1, -0.05) is 37.1 Å². The lowest BCUT2D eigenvalue weighted by Crippen LogP contribution is -2.29. The van der Waals surface area contributed by atoms with E-state index < -0.39 is 0 Å². The molecule has 102 valence electrons. The Labute approximate surface area is 117 Å². The Morgan fingerprint density at radius 1 is 1.26 bits per heavy atom. The van der Waals surface area contributed by atoms with E-state index in [4.69, 9.17) is 4.99 Å². The monoisotopic (exact) mass is 278 g/mol. The summed E-state index contributed by atoms with van der Waals surface area (Å²) in [5.74, 6) is 0.907. The van der Waals surface area contributed by atoms with Gasteiger partial charge in [0.05, 0.1) is 5.54 Å². The zero-order valence-electron chi connectivity index (χ0n) is 11.2. The first kappa shape index (κ1) is 13.0. The number of hydrogen-bond acceptors (Lipinski definition) is 3. The molecule has 3 rings (SSSR count). The van der Waals surface area contributed by atoms with Crippen LogP contribution in [0.3, 0.4) is 0 Å². The lowest BCUT2D eigenvalue weighted by molar-refractivity contribution is 0.335. The summed E-state index contributed by atoms with van der Waals surface area (Å²) in [5, 5.41) is 4.20. The van der Waals surface area contributed by atoms with Crippen LogP contribution in [0.25, 0.3) is 0 Å². The molecular formula is C15H19FN2S. The van der Waals surface area contributed by atoms with Gasteiger partial charge in [-0.2, -0.15) is 0 Å². The molecule has 19 heavy (non-hydrogen) atoms. The number of aryl methyl sites for hydroxylation is 1. The number of benzene rings is 1. The number of amidine groups is 1. The molecule has 0 radical (unpaired) electrons. The molecule has 1 aromatic rings. The fourth-order valence-electron chi connectivity index (χ4n) is 2.81. The molecule has 2 nitrogen and oxygen atoms in total. The van der Waals surface area contributed by atoms with Crippen molar-refractivity contribution in [3.63, 3.8) is 0 Å². The van der Waals surface area contributed by atoms with Crippen molar-refractivity contribution in [2.24, 2.45) is 4.99 Å². The highest BCUT2D eigenvalue weighted by Crippen LogP contribution is 2.39. The lowest BCUT2D eigenvalue weighted by atomic mass is 9.84. The van der Waals surface area contributed by atoms with Gasteiger partial charge in [0.2, 0.25) is 0 Å². The van der Waals surface area contributed by atoms with Gasteiger partial charge in [-0.15, -0.1) is 0 Å². The Kier molecular flexibility index (Phi) is 3.52. The van der Waals surface area contributed by atoms with Gasteiger partial charge in [-0.25, -0.2) is 4.39 Å². The van der Waals surface area contributed by atoms with E-state index in [-0.39, 0.29) is 11.4 Å². The van der Waals surface area contributed by atoms with Gasteiger partial charge in [0, 0.05) is 11.4 Å². The number of nitrogens with one attached hydrogen (secondary N) is 1. The van der Waals surface area contributed by atoms with Gasteiger partial charge >= 0.3 is 0 Å². The van der Waals surface area contributed by atoms with Gasteiger partial charge in [0.1, 0.15) is 5.82 Å². The quantitative estimate of drug-likeness (QED) is 0.825. The Morgan fingerprint density at radius 2 is 2.05 bits per heavy atom. The number of thioether (sulfide) groups is 1. The van der Waals surface area contributed by atoms with Crippen molar-refractivity contribution in [2.75, 3.05) is 11.1 Å². The Morgan fingerprint density at radius 3 is 2.79 bits per heavy atom. The summed E-state index contributed by atoms with van der Waals surface area (Å²) < 4.78 is 13.5. The third-order valence-corrected chi connectivity index (χ3v) is 5.17. The number of hydrogen-bond donors (Lipinski definition) is 1. The van der Waals surface area contributed by atoms with Crippen molar-refractivity contribution in [3.05, 3.63) is 29.6 Å². The van der Waals surface area contributed by atoms with Gasteiger partial charge < -0.3 is 5.32 Å². The average molecular weight is 278 g/mol. The minimum atomic E-state index is -0.166. The molecule has 0 saturated heterocycles. The van der Waals surface area contributed by atoms with Crippen molar-refractivity contribution in [3.8, 4) is 0 Å². The highest BCUT2D eigenvalue weighted by atomic mass is 32.2. The number of halogens is 1. The molecule has 1 aliphatic heterocycles. The number of anilines is 1. The van der Waals surface area contributed by atoms with Gasteiger partial charge in [0.25, 0.3) is 0 Å². The molecule has 1 fully saturated rings. The van der Waals surface area contributed by atoms with Crippen LogP contribution in [0.2, 0.25) is 0 Å². The molecule has 1 heterocycles. The lowest BCUT2D eigenvalue weighted by Gasteiger charge is -2.29. The van der Waals surface area contributed by atoms with Gasteiger partial charge in [-0.05, 0) is 37.5 Å². The van der Waals surface area contributed by atoms with Crippen LogP contribution in [-0.4, -0.2) is 16.5 Å².